The average molecular weight is 1750 g/mol. The van der Waals surface area contributed by atoms with Gasteiger partial charge in [0, 0.05) is 73.6 Å². The number of alkyl carbamates (subject to hydrolysis) is 2. The number of aromatic nitrogens is 7. The molecule has 5 heterocycles. The van der Waals surface area contributed by atoms with E-state index in [-0.39, 0.29) is 149 Å². The number of nitrogens with zero attached hydrogens (tertiary/aromatic N) is 7. The minimum absolute atomic E-state index is 0.00332. The van der Waals surface area contributed by atoms with Gasteiger partial charge in [0.05, 0.1) is 60.8 Å². The van der Waals surface area contributed by atoms with Crippen molar-refractivity contribution < 1.29 is 92.1 Å². The van der Waals surface area contributed by atoms with Gasteiger partial charge in [0.15, 0.2) is 11.2 Å². The molecule has 37 heteroatoms. The number of benzene rings is 2. The molecule has 9 rings (SSSR count). The van der Waals surface area contributed by atoms with Crippen LogP contribution in [0.3, 0.4) is 0 Å². The average Bonchev–Trinajstić information content (AvgIpc) is 1.61. The number of ether oxygens (including phenoxy) is 4. The fourth-order valence-corrected chi connectivity index (χ4v) is 15.8. The number of carbonyl (C=O) groups excluding carboxylic acids is 9. The number of aliphatic carboxylic acids is 2. The molecule has 0 radical (unpaired) electrons. The van der Waals surface area contributed by atoms with Crippen molar-refractivity contribution in [2.75, 3.05) is 36.1 Å². The molecular weight excluding hydrogens is 1630 g/mol. The molecule has 0 spiro atoms. The smallest absolute Gasteiger partial charge is 0.408 e. The maximum atomic E-state index is 14.2. The summed E-state index contributed by atoms with van der Waals surface area (Å²) in [7, 11) is 0. The number of allylic oxidation sites excluding steroid dienone is 7. The van der Waals surface area contributed by atoms with E-state index in [4.69, 9.17) is 36.1 Å². The van der Waals surface area contributed by atoms with Crippen LogP contribution in [0.2, 0.25) is 0 Å². The summed E-state index contributed by atoms with van der Waals surface area (Å²) in [5.74, 6) is -7.92. The minimum atomic E-state index is -1.50. The highest BCUT2D eigenvalue weighted by atomic mass is 16.6. The standard InChI is InChI=1S/C89H120N18O19/c1-8-15-73-54(7)72(109)45-74(126-73)67(20-11-16-51(4)42-53(6)43-52(5)23-33-62-18-12-22-75(110)125-62)101-88(121)123-48-55-24-28-59(29-25-55)97-81(113)68(21-13-40-93-87(92)120)98-82(114)76(50(2)3)102-89(122)124-49-65-63-34-37-66-71(38-35-64(63)65)107(106-105-66)41-14-17-57(80(112)99-69(84(116)117)19-9-10-39-90)44-61(108)32-36-70(85(118)119)100-79(111)56-26-30-58(31-27-56)94-46-60-47-95-78-77(96-60)83(115)104-86(91)103-78/h8,11-12,15-16,20,22-31,33,43,47,50,53-54,57,62-65,67-70,72-74,76,94,109H,9-10,13-14,17-19,21,32,34-42,44-46,48-49,90H2,1-7H3,(H,97,113)(H,98,114)(H,99,112)(H,100,111)(H,101,121)(H,102,122)(H,116,117)(H,118,119)(H3,92,93,120)(H3,91,95,103,104,115)/b15-8+,20-11+,33-23+,51-16+,52-43-/t53-,54+,57-,62-,63-,64+,65-,67-,68+,69-,70+,72-,73+,74+,76+/m1/s1. The number of unbranched alkanes of at least 4 members (excludes halogenated alkanes) is 1. The highest BCUT2D eigenvalue weighted by Gasteiger charge is 2.51. The van der Waals surface area contributed by atoms with Gasteiger partial charge < -0.3 is 99.1 Å². The number of aromatic hydroxyl groups is 1. The second kappa shape index (κ2) is 48.1. The van der Waals surface area contributed by atoms with Gasteiger partial charge >= 0.3 is 36.1 Å². The van der Waals surface area contributed by atoms with Gasteiger partial charge in [-0.1, -0.05) is 105 Å². The number of nitrogens with one attached hydrogen (secondary N) is 8. The number of rotatable bonds is 46. The molecule has 0 unspecified atom stereocenters. The van der Waals surface area contributed by atoms with Crippen LogP contribution in [0.5, 0.6) is 5.88 Å². The number of cyclic esters (lactones) is 1. The number of carboxylic acids is 2. The Hall–Kier alpha value is -12.5. The van der Waals surface area contributed by atoms with Crippen LogP contribution in [0.25, 0.3) is 11.2 Å². The number of carboxylic acid groups (broad SMARTS) is 2. The first-order chi connectivity index (χ1) is 60.3. The lowest BCUT2D eigenvalue weighted by Crippen LogP contribution is -2.54. The van der Waals surface area contributed by atoms with E-state index in [1.807, 2.05) is 70.2 Å². The number of aryl methyl sites for hydroxylation is 2. The minimum Gasteiger partial charge on any atom is -0.492 e. The second-order valence-corrected chi connectivity index (χ2v) is 33.0. The third-order valence-corrected chi connectivity index (χ3v) is 22.8. The van der Waals surface area contributed by atoms with E-state index in [1.165, 1.54) is 24.4 Å². The highest BCUT2D eigenvalue weighted by molar-refractivity contribution is 5.99. The zero-order valence-corrected chi connectivity index (χ0v) is 72.2. The molecule has 18 N–H and O–H groups in total. The van der Waals surface area contributed by atoms with Gasteiger partial charge in [-0.05, 0) is 188 Å². The molecule has 8 amide bonds. The molecule has 0 bridgehead atoms. The Balaban J connectivity index is 0.738. The van der Waals surface area contributed by atoms with Crippen LogP contribution >= 0.6 is 0 Å². The molecule has 1 saturated heterocycles. The van der Waals surface area contributed by atoms with Gasteiger partial charge in [-0.3, -0.25) is 24.0 Å². The first kappa shape index (κ1) is 97.3. The Labute approximate surface area is 731 Å². The molecule has 3 aromatic heterocycles. The predicted octanol–water partition coefficient (Wildman–Crippen LogP) is 7.92. The lowest BCUT2D eigenvalue weighted by atomic mass is 9.87. The Morgan fingerprint density at radius 2 is 1.48 bits per heavy atom. The number of carbonyl (C=O) groups is 11. The number of anilines is 3. The summed E-state index contributed by atoms with van der Waals surface area (Å²) in [6.07, 6.45) is 21.3. The van der Waals surface area contributed by atoms with Gasteiger partial charge in [-0.2, -0.15) is 9.97 Å². The summed E-state index contributed by atoms with van der Waals surface area (Å²) in [5, 5.41) is 72.5. The summed E-state index contributed by atoms with van der Waals surface area (Å²) in [6, 6.07) is 6.08. The summed E-state index contributed by atoms with van der Waals surface area (Å²) >= 11 is 0. The number of nitrogen functional groups attached to an aromatic ring is 1. The predicted molar refractivity (Wildman–Crippen MR) is 466 cm³/mol. The Bertz CT molecular complexity index is 4800. The molecule has 680 valence electrons. The molecule has 5 aromatic rings. The zero-order chi connectivity index (χ0) is 91.1. The first-order valence-corrected chi connectivity index (χ1v) is 43.0. The van der Waals surface area contributed by atoms with Crippen LogP contribution in [-0.4, -0.2) is 195 Å². The molecule has 2 aromatic carbocycles. The Morgan fingerprint density at radius 1 is 0.778 bits per heavy atom. The van der Waals surface area contributed by atoms with Crippen LogP contribution in [0.15, 0.2) is 127 Å². The van der Waals surface area contributed by atoms with Crippen LogP contribution in [0.4, 0.5) is 31.7 Å². The van der Waals surface area contributed by atoms with Crippen LogP contribution < -0.4 is 59.7 Å². The molecule has 37 nitrogen and oxygen atoms in total. The van der Waals surface area contributed by atoms with Crippen molar-refractivity contribution in [1.82, 2.24) is 66.8 Å². The monoisotopic (exact) mass is 1740 g/mol. The third-order valence-electron chi connectivity index (χ3n) is 22.8. The lowest BCUT2D eigenvalue weighted by Gasteiger charge is -2.39. The summed E-state index contributed by atoms with van der Waals surface area (Å²) in [6.45, 7) is 14.1. The molecule has 2 fully saturated rings. The van der Waals surface area contributed by atoms with Gasteiger partial charge in [-0.25, -0.2) is 43.4 Å². The molecule has 15 atom stereocenters. The lowest BCUT2D eigenvalue weighted by molar-refractivity contribution is -0.143. The number of hydrogen-bond donors (Lipinski definition) is 15. The Kier molecular flexibility index (Phi) is 37.1. The number of amides is 8. The first-order valence-electron chi connectivity index (χ1n) is 43.0. The summed E-state index contributed by atoms with van der Waals surface area (Å²) in [5.41, 5.74) is 22.6. The van der Waals surface area contributed by atoms with Crippen molar-refractivity contribution in [3.05, 3.63) is 155 Å². The Morgan fingerprint density at radius 3 is 2.19 bits per heavy atom. The molecule has 2 aliphatic heterocycles. The number of primary amides is 1. The highest BCUT2D eigenvalue weighted by Crippen LogP contribution is 2.53. The number of aliphatic hydroxyl groups excluding tert-OH is 1. The maximum absolute atomic E-state index is 14.2. The fraction of sp³-hybridized carbons (Fsp3) is 0.517. The van der Waals surface area contributed by atoms with Gasteiger partial charge in [0.1, 0.15) is 42.7 Å². The number of aliphatic hydroxyl groups is 1. The van der Waals surface area contributed by atoms with E-state index in [9.17, 15) is 73.2 Å². The van der Waals surface area contributed by atoms with E-state index in [2.05, 4.69) is 85.8 Å². The summed E-state index contributed by atoms with van der Waals surface area (Å²) in [4.78, 5) is 161. The quantitative estimate of drug-likeness (QED) is 0.00578. The molecule has 1 saturated carbocycles. The maximum Gasteiger partial charge on any atom is 0.408 e. The second-order valence-electron chi connectivity index (χ2n) is 33.0. The molecule has 4 aliphatic rings. The van der Waals surface area contributed by atoms with E-state index in [0.29, 0.717) is 80.5 Å². The van der Waals surface area contributed by atoms with Gasteiger partial charge in [0.2, 0.25) is 29.5 Å². The van der Waals surface area contributed by atoms with E-state index in [0.717, 1.165) is 29.0 Å². The van der Waals surface area contributed by atoms with Crippen molar-refractivity contribution in [3.63, 3.8) is 0 Å². The van der Waals surface area contributed by atoms with Crippen molar-refractivity contribution >= 4 is 94.0 Å². The van der Waals surface area contributed by atoms with Crippen LogP contribution in [0.1, 0.15) is 178 Å². The number of nitrogens with two attached hydrogens (primary N) is 3. The number of hydrogen-bond acceptors (Lipinski definition) is 26. The number of esters is 1. The molecule has 2 aliphatic carbocycles. The van der Waals surface area contributed by atoms with E-state index in [1.54, 1.807) is 61.0 Å². The normalized spacial score (nSPS) is 20.5. The molecule has 126 heavy (non-hydrogen) atoms. The summed E-state index contributed by atoms with van der Waals surface area (Å²) < 4.78 is 25.1. The van der Waals surface area contributed by atoms with Crippen molar-refractivity contribution in [2.24, 2.45) is 52.9 Å². The number of ketones is 1. The van der Waals surface area contributed by atoms with Crippen molar-refractivity contribution in [2.45, 2.75) is 232 Å². The third kappa shape index (κ3) is 30.4. The number of urea groups is 1. The van der Waals surface area contributed by atoms with Crippen LogP contribution in [-0.2, 0) is 85.0 Å². The number of Topliss-reactive ketones (excluding diaryl/α,β-unsaturated/α-hetero) is 1. The van der Waals surface area contributed by atoms with Gasteiger partial charge in [-0.15, -0.1) is 5.10 Å². The van der Waals surface area contributed by atoms with Gasteiger partial charge in [0.25, 0.3) is 5.91 Å². The van der Waals surface area contributed by atoms with E-state index < -0.39 is 126 Å². The van der Waals surface area contributed by atoms with Crippen molar-refractivity contribution in [3.8, 4) is 5.88 Å². The molecular formula is C89H120N18O19. The topological polar surface area (TPSA) is 562 Å². The number of fused-ring (bicyclic) bond motifs is 3. The van der Waals surface area contributed by atoms with E-state index >= 15 is 0 Å². The zero-order valence-electron chi connectivity index (χ0n) is 72.2. The SMILES string of the molecule is C/C=C/[C@@H]1O[C@H]([C@@H](/C=C/C=C(\C)C[C@@H](C)/C=C(C)\C=C\[C@H]2CC=CC(=O)O2)NC(=O)OCc2ccc(NC(=O)[C@H](CCCNC(N)=O)NC(=O)[C@@H](NC(=O)OC[C@@H]3[C@@H]4CCc5nnn(CCC[C@H](CC(=O)CC[C@H](NC(=O)c6ccc(NCc7cnc8nc(N)nc(O)c8n7)cc6)C(=O)O)C(=O)N[C@H](CCCCN)C(=O)O)c5CC[C@@H]43)C(C)C)cc2)C[C@@H](O)[C@@H]1C. The largest absolute Gasteiger partial charge is 0.492 e. The fourth-order valence-electron chi connectivity index (χ4n) is 15.8. The van der Waals surface area contributed by atoms with Crippen molar-refractivity contribution in [1.29, 1.82) is 0 Å². The van der Waals surface area contributed by atoms with Crippen LogP contribution in [0, 0.1) is 41.4 Å².